The summed E-state index contributed by atoms with van der Waals surface area (Å²) in [5.74, 6) is 2.24. The van der Waals surface area contributed by atoms with Crippen molar-refractivity contribution in [3.05, 3.63) is 47.6 Å². The number of nitrogens with zero attached hydrogens (tertiary/aromatic N) is 2. The molecule has 0 radical (unpaired) electrons. The Hall–Kier alpha value is -1.33. The third-order valence-corrected chi connectivity index (χ3v) is 3.64. The summed E-state index contributed by atoms with van der Waals surface area (Å²) >= 11 is 1.69. The summed E-state index contributed by atoms with van der Waals surface area (Å²) in [6.45, 7) is 2.82. The molecule has 0 unspecified atom stereocenters. The minimum Gasteiger partial charge on any atom is -0.338 e. The van der Waals surface area contributed by atoms with Gasteiger partial charge in [-0.3, -0.25) is 0 Å². The zero-order valence-electron chi connectivity index (χ0n) is 12.0. The van der Waals surface area contributed by atoms with Gasteiger partial charge in [-0.05, 0) is 31.6 Å². The van der Waals surface area contributed by atoms with Crippen LogP contribution in [0, 0.1) is 0 Å². The molecule has 0 amide bonds. The molecule has 1 heterocycles. The number of aromatic nitrogens is 2. The summed E-state index contributed by atoms with van der Waals surface area (Å²) in [4.78, 5) is 4.33. The van der Waals surface area contributed by atoms with Crippen molar-refractivity contribution in [1.82, 2.24) is 15.5 Å². The van der Waals surface area contributed by atoms with E-state index in [-0.39, 0.29) is 0 Å². The number of hydrogen-bond acceptors (Lipinski definition) is 5. The van der Waals surface area contributed by atoms with E-state index in [1.54, 1.807) is 11.8 Å². The predicted molar refractivity (Wildman–Crippen MR) is 82.6 cm³/mol. The molecule has 0 saturated heterocycles. The zero-order valence-corrected chi connectivity index (χ0v) is 12.8. The summed E-state index contributed by atoms with van der Waals surface area (Å²) < 4.78 is 5.19. The van der Waals surface area contributed by atoms with Crippen LogP contribution in [0.5, 0.6) is 0 Å². The molecule has 20 heavy (non-hydrogen) atoms. The fourth-order valence-electron chi connectivity index (χ4n) is 1.94. The summed E-state index contributed by atoms with van der Waals surface area (Å²) in [7, 11) is 0. The fourth-order valence-corrected chi connectivity index (χ4v) is 2.32. The molecule has 0 fully saturated rings. The number of rotatable bonds is 8. The third-order valence-electron chi connectivity index (χ3n) is 3.09. The van der Waals surface area contributed by atoms with Crippen LogP contribution in [0.15, 0.2) is 34.9 Å². The molecule has 2 aromatic rings. The molecular weight excluding hydrogens is 270 g/mol. The first-order valence-electron chi connectivity index (χ1n) is 6.85. The number of benzene rings is 1. The second-order valence-electron chi connectivity index (χ2n) is 4.84. The molecule has 0 aliphatic rings. The van der Waals surface area contributed by atoms with Gasteiger partial charge in [0.05, 0.1) is 12.3 Å². The second kappa shape index (κ2) is 8.07. The van der Waals surface area contributed by atoms with Crippen LogP contribution >= 0.6 is 11.8 Å². The molecule has 1 N–H and O–H groups in total. The molecule has 0 aliphatic heterocycles. The van der Waals surface area contributed by atoms with E-state index < -0.39 is 0 Å². The lowest BCUT2D eigenvalue weighted by molar-refractivity contribution is 0.354. The van der Waals surface area contributed by atoms with Gasteiger partial charge >= 0.3 is 0 Å². The Morgan fingerprint density at radius 1 is 1.30 bits per heavy atom. The minimum atomic E-state index is 0.422. The van der Waals surface area contributed by atoms with E-state index in [1.807, 2.05) is 12.3 Å². The van der Waals surface area contributed by atoms with E-state index in [4.69, 9.17) is 4.52 Å². The SMILES string of the molecule is CSCc1noc(CN[C@@H](C)CCc2ccccc2)n1. The summed E-state index contributed by atoms with van der Waals surface area (Å²) in [6.07, 6.45) is 4.20. The molecule has 0 saturated carbocycles. The molecule has 2 rings (SSSR count). The van der Waals surface area contributed by atoms with Gasteiger partial charge in [0.1, 0.15) is 0 Å². The predicted octanol–water partition coefficient (Wildman–Crippen LogP) is 3.04. The molecule has 1 atom stereocenters. The van der Waals surface area contributed by atoms with E-state index >= 15 is 0 Å². The Balaban J connectivity index is 1.70. The van der Waals surface area contributed by atoms with E-state index in [0.29, 0.717) is 18.5 Å². The lowest BCUT2D eigenvalue weighted by Crippen LogP contribution is -2.26. The van der Waals surface area contributed by atoms with Crippen molar-refractivity contribution in [2.75, 3.05) is 6.26 Å². The minimum absolute atomic E-state index is 0.422. The van der Waals surface area contributed by atoms with Gasteiger partial charge in [-0.25, -0.2) is 0 Å². The highest BCUT2D eigenvalue weighted by Crippen LogP contribution is 2.07. The lowest BCUT2D eigenvalue weighted by atomic mass is 10.1. The van der Waals surface area contributed by atoms with Gasteiger partial charge < -0.3 is 9.84 Å². The largest absolute Gasteiger partial charge is 0.338 e. The van der Waals surface area contributed by atoms with Gasteiger partial charge in [0.2, 0.25) is 5.89 Å². The quantitative estimate of drug-likeness (QED) is 0.810. The van der Waals surface area contributed by atoms with Gasteiger partial charge in [0.15, 0.2) is 5.82 Å². The first kappa shape index (κ1) is 15.1. The van der Waals surface area contributed by atoms with Crippen molar-refractivity contribution >= 4 is 11.8 Å². The highest BCUT2D eigenvalue weighted by Gasteiger charge is 2.07. The van der Waals surface area contributed by atoms with Crippen LogP contribution in [0.25, 0.3) is 0 Å². The Morgan fingerprint density at radius 3 is 2.85 bits per heavy atom. The molecule has 1 aromatic carbocycles. The van der Waals surface area contributed by atoms with E-state index in [2.05, 4.69) is 46.6 Å². The topological polar surface area (TPSA) is 51.0 Å². The van der Waals surface area contributed by atoms with Crippen LogP contribution in [0.1, 0.15) is 30.6 Å². The first-order valence-corrected chi connectivity index (χ1v) is 8.25. The number of hydrogen-bond donors (Lipinski definition) is 1. The fraction of sp³-hybridized carbons (Fsp3) is 0.467. The van der Waals surface area contributed by atoms with Gasteiger partial charge in [-0.2, -0.15) is 16.7 Å². The van der Waals surface area contributed by atoms with Gasteiger partial charge in [-0.15, -0.1) is 0 Å². The van der Waals surface area contributed by atoms with Crippen LogP contribution < -0.4 is 5.32 Å². The van der Waals surface area contributed by atoms with E-state index in [1.165, 1.54) is 5.56 Å². The molecular formula is C15H21N3OS. The Kier molecular flexibility index (Phi) is 6.08. The number of nitrogens with one attached hydrogen (secondary N) is 1. The van der Waals surface area contributed by atoms with Crippen LogP contribution in [-0.4, -0.2) is 22.4 Å². The molecule has 0 aliphatic carbocycles. The molecule has 1 aromatic heterocycles. The maximum absolute atomic E-state index is 5.19. The average Bonchev–Trinajstić information content (AvgIpc) is 2.92. The zero-order chi connectivity index (χ0) is 14.2. The lowest BCUT2D eigenvalue weighted by Gasteiger charge is -2.11. The van der Waals surface area contributed by atoms with Crippen molar-refractivity contribution in [2.45, 2.75) is 38.1 Å². The standard InChI is InChI=1S/C15H21N3OS/c1-12(8-9-13-6-4-3-5-7-13)16-10-15-17-14(11-20-2)18-19-15/h3-7,12,16H,8-11H2,1-2H3/t12-/m0/s1. The van der Waals surface area contributed by atoms with Crippen LogP contribution in [0.4, 0.5) is 0 Å². The van der Waals surface area contributed by atoms with Crippen molar-refractivity contribution in [3.63, 3.8) is 0 Å². The van der Waals surface area contributed by atoms with Crippen molar-refractivity contribution < 1.29 is 4.52 Å². The second-order valence-corrected chi connectivity index (χ2v) is 5.71. The molecule has 4 nitrogen and oxygen atoms in total. The Bertz CT molecular complexity index is 501. The molecule has 0 bridgehead atoms. The highest BCUT2D eigenvalue weighted by molar-refractivity contribution is 7.97. The van der Waals surface area contributed by atoms with Gasteiger partial charge in [0.25, 0.3) is 0 Å². The summed E-state index contributed by atoms with van der Waals surface area (Å²) in [5.41, 5.74) is 1.38. The Labute approximate surface area is 124 Å². The van der Waals surface area contributed by atoms with E-state index in [0.717, 1.165) is 24.4 Å². The van der Waals surface area contributed by atoms with E-state index in [9.17, 15) is 0 Å². The van der Waals surface area contributed by atoms with Gasteiger partial charge in [-0.1, -0.05) is 35.5 Å². The molecule has 108 valence electrons. The first-order chi connectivity index (χ1) is 9.78. The summed E-state index contributed by atoms with van der Waals surface area (Å²) in [5, 5.41) is 7.35. The van der Waals surface area contributed by atoms with Crippen molar-refractivity contribution in [2.24, 2.45) is 0 Å². The number of thioether (sulfide) groups is 1. The van der Waals surface area contributed by atoms with Crippen LogP contribution in [0.3, 0.4) is 0 Å². The van der Waals surface area contributed by atoms with Crippen molar-refractivity contribution in [1.29, 1.82) is 0 Å². The highest BCUT2D eigenvalue weighted by atomic mass is 32.2. The maximum atomic E-state index is 5.19. The van der Waals surface area contributed by atoms with Crippen LogP contribution in [-0.2, 0) is 18.7 Å². The molecule has 5 heteroatoms. The Morgan fingerprint density at radius 2 is 2.10 bits per heavy atom. The smallest absolute Gasteiger partial charge is 0.240 e. The third kappa shape index (κ3) is 4.98. The monoisotopic (exact) mass is 291 g/mol. The number of aryl methyl sites for hydroxylation is 1. The van der Waals surface area contributed by atoms with Crippen LogP contribution in [0.2, 0.25) is 0 Å². The van der Waals surface area contributed by atoms with Crippen molar-refractivity contribution in [3.8, 4) is 0 Å². The normalized spacial score (nSPS) is 12.5. The molecule has 0 spiro atoms. The van der Waals surface area contributed by atoms with Gasteiger partial charge in [0, 0.05) is 6.04 Å². The average molecular weight is 291 g/mol. The summed E-state index contributed by atoms with van der Waals surface area (Å²) in [6, 6.07) is 11.0. The maximum Gasteiger partial charge on any atom is 0.240 e.